The Morgan fingerprint density at radius 1 is 1.30 bits per heavy atom. The fourth-order valence-electron chi connectivity index (χ4n) is 2.76. The third-order valence-corrected chi connectivity index (χ3v) is 5.43. The van der Waals surface area contributed by atoms with Gasteiger partial charge in [-0.1, -0.05) is 11.6 Å². The predicted molar refractivity (Wildman–Crippen MR) is 117 cm³/mol. The molecule has 11 heteroatoms. The fourth-order valence-corrected chi connectivity index (χ4v) is 2.92. The summed E-state index contributed by atoms with van der Waals surface area (Å²) in [4.78, 5) is 12.4. The number of benzene rings is 1. The first-order chi connectivity index (χ1) is 13.5. The minimum Gasteiger partial charge on any atom is -0.490 e. The second-order valence-electron chi connectivity index (χ2n) is 8.01. The molecule has 0 saturated carbocycles. The lowest BCUT2D eigenvalue weighted by molar-refractivity contribution is -0.123. The van der Waals surface area contributed by atoms with Crippen molar-refractivity contribution in [2.45, 2.75) is 57.3 Å². The third kappa shape index (κ3) is 6.70. The predicted octanol–water partition coefficient (Wildman–Crippen LogP) is 2.76. The highest BCUT2D eigenvalue weighted by atomic mass is 35.5. The van der Waals surface area contributed by atoms with E-state index in [1.54, 1.807) is 0 Å². The van der Waals surface area contributed by atoms with Gasteiger partial charge < -0.3 is 29.8 Å². The summed E-state index contributed by atoms with van der Waals surface area (Å²) >= 11 is 5.76. The highest BCUT2D eigenvalue weighted by molar-refractivity contribution is 6.48. The molecule has 1 heterocycles. The second kappa shape index (κ2) is 11.0. The first-order valence-corrected chi connectivity index (χ1v) is 9.83. The first-order valence-electron chi connectivity index (χ1n) is 9.45. The fraction of sp³-hybridized carbons (Fsp3) is 0.632. The number of halogens is 3. The van der Waals surface area contributed by atoms with Crippen molar-refractivity contribution in [1.82, 2.24) is 5.32 Å². The second-order valence-corrected chi connectivity index (χ2v) is 8.45. The number of nitrogens with one attached hydrogen (secondary N) is 1. The molecule has 1 aromatic carbocycles. The monoisotopic (exact) mass is 466 g/mol. The Kier molecular flexibility index (Phi) is 9.85. The van der Waals surface area contributed by atoms with E-state index in [-0.39, 0.29) is 36.4 Å². The van der Waals surface area contributed by atoms with Crippen molar-refractivity contribution in [3.8, 4) is 5.75 Å². The molecule has 1 unspecified atom stereocenters. The van der Waals surface area contributed by atoms with E-state index in [1.165, 1.54) is 25.3 Å². The van der Waals surface area contributed by atoms with E-state index in [0.29, 0.717) is 6.42 Å². The molecule has 170 valence electrons. The quantitative estimate of drug-likeness (QED) is 0.543. The van der Waals surface area contributed by atoms with Gasteiger partial charge >= 0.3 is 7.12 Å². The molecule has 30 heavy (non-hydrogen) atoms. The van der Waals surface area contributed by atoms with Gasteiger partial charge in [0.1, 0.15) is 6.04 Å². The number of nitrogens with two attached hydrogens (primary N) is 1. The topological polar surface area (TPSA) is 92.0 Å². The Morgan fingerprint density at radius 2 is 1.90 bits per heavy atom. The number of ether oxygens (including phenoxy) is 2. The van der Waals surface area contributed by atoms with E-state index in [4.69, 9.17) is 36.1 Å². The van der Waals surface area contributed by atoms with Gasteiger partial charge in [0.25, 0.3) is 0 Å². The summed E-state index contributed by atoms with van der Waals surface area (Å²) in [7, 11) is 0.755. The van der Waals surface area contributed by atoms with Crippen LogP contribution >= 0.6 is 24.0 Å². The molecule has 0 aromatic heterocycles. The number of hydrogen-bond donors (Lipinski definition) is 2. The van der Waals surface area contributed by atoms with Gasteiger partial charge in [-0.05, 0) is 45.9 Å². The van der Waals surface area contributed by atoms with Gasteiger partial charge in [0.15, 0.2) is 11.6 Å². The molecule has 3 N–H and O–H groups in total. The number of amides is 1. The van der Waals surface area contributed by atoms with E-state index in [1.807, 2.05) is 27.7 Å². The van der Waals surface area contributed by atoms with Gasteiger partial charge in [-0.25, -0.2) is 4.39 Å². The van der Waals surface area contributed by atoms with Crippen LogP contribution in [-0.4, -0.2) is 56.5 Å². The lowest BCUT2D eigenvalue weighted by Gasteiger charge is -2.32. The number of hydrogen-bond acceptors (Lipinski definition) is 6. The highest BCUT2D eigenvalue weighted by Gasteiger charge is 2.54. The standard InChI is InChI=1S/C19H29BClFN2O5.ClH/c1-18(2)19(3,4)29-20(28-18)16(24-17(25)14(23)11-26-5)8-9-27-15-7-6-12(21)10-13(15)22;/h6-7,10,14,16H,8-9,11,23H2,1-5H3,(H,24,25);1H/t14?,16-;/m0./s1. The lowest BCUT2D eigenvalue weighted by atomic mass is 9.76. The van der Waals surface area contributed by atoms with Crippen LogP contribution in [0.3, 0.4) is 0 Å². The Hall–Kier alpha value is -1.10. The van der Waals surface area contributed by atoms with Crippen LogP contribution in [0.5, 0.6) is 5.75 Å². The van der Waals surface area contributed by atoms with Gasteiger partial charge in [0.2, 0.25) is 5.91 Å². The molecule has 1 aliphatic heterocycles. The Balaban J connectivity index is 0.00000450. The summed E-state index contributed by atoms with van der Waals surface area (Å²) in [5, 5.41) is 3.12. The van der Waals surface area contributed by atoms with Crippen LogP contribution in [-0.2, 0) is 18.8 Å². The molecule has 1 fully saturated rings. The Bertz CT molecular complexity index is 710. The van der Waals surface area contributed by atoms with Gasteiger partial charge in [-0.2, -0.15) is 0 Å². The molecule has 0 radical (unpaired) electrons. The molecular weight excluding hydrogens is 437 g/mol. The smallest absolute Gasteiger partial charge is 0.481 e. The number of methoxy groups -OCH3 is 1. The van der Waals surface area contributed by atoms with Crippen LogP contribution < -0.4 is 15.8 Å². The van der Waals surface area contributed by atoms with E-state index < -0.39 is 42.0 Å². The van der Waals surface area contributed by atoms with Crippen molar-refractivity contribution in [3.63, 3.8) is 0 Å². The normalized spacial score (nSPS) is 19.0. The zero-order valence-corrected chi connectivity index (χ0v) is 19.4. The van der Waals surface area contributed by atoms with Crippen molar-refractivity contribution < 1.29 is 28.0 Å². The van der Waals surface area contributed by atoms with Gasteiger partial charge in [-0.15, -0.1) is 12.4 Å². The molecule has 1 saturated heterocycles. The van der Waals surface area contributed by atoms with Crippen LogP contribution in [0.25, 0.3) is 0 Å². The largest absolute Gasteiger partial charge is 0.490 e. The first kappa shape index (κ1) is 26.9. The van der Waals surface area contributed by atoms with Crippen LogP contribution in [0.4, 0.5) is 4.39 Å². The Morgan fingerprint density at radius 3 is 2.43 bits per heavy atom. The van der Waals surface area contributed by atoms with E-state index in [2.05, 4.69) is 5.32 Å². The van der Waals surface area contributed by atoms with E-state index >= 15 is 0 Å². The molecule has 0 bridgehead atoms. The molecule has 0 aliphatic carbocycles. The molecule has 2 rings (SSSR count). The minimum atomic E-state index is -0.834. The summed E-state index contributed by atoms with van der Waals surface area (Å²) in [6.45, 7) is 7.87. The molecule has 1 aliphatic rings. The summed E-state index contributed by atoms with van der Waals surface area (Å²) in [5.74, 6) is -1.44. The summed E-state index contributed by atoms with van der Waals surface area (Å²) in [6, 6.07) is 3.33. The van der Waals surface area contributed by atoms with Crippen molar-refractivity contribution in [3.05, 3.63) is 29.0 Å². The van der Waals surface area contributed by atoms with Crippen LogP contribution in [0.1, 0.15) is 34.1 Å². The van der Waals surface area contributed by atoms with Gasteiger partial charge in [-0.3, -0.25) is 4.79 Å². The van der Waals surface area contributed by atoms with Gasteiger partial charge in [0.05, 0.1) is 30.4 Å². The summed E-state index contributed by atoms with van der Waals surface area (Å²) in [6.07, 6.45) is 0.310. The average Bonchev–Trinajstić information content (AvgIpc) is 2.83. The number of rotatable bonds is 9. The van der Waals surface area contributed by atoms with E-state index in [0.717, 1.165) is 0 Å². The van der Waals surface area contributed by atoms with Crippen LogP contribution in [0, 0.1) is 5.82 Å². The van der Waals surface area contributed by atoms with Crippen molar-refractivity contribution in [1.29, 1.82) is 0 Å². The van der Waals surface area contributed by atoms with Crippen molar-refractivity contribution in [2.24, 2.45) is 5.73 Å². The molecule has 2 atom stereocenters. The molecule has 1 aromatic rings. The minimum absolute atomic E-state index is 0. The average molecular weight is 467 g/mol. The highest BCUT2D eigenvalue weighted by Crippen LogP contribution is 2.37. The van der Waals surface area contributed by atoms with E-state index in [9.17, 15) is 9.18 Å². The van der Waals surface area contributed by atoms with Crippen molar-refractivity contribution >= 4 is 37.0 Å². The molecular formula is C19H30BCl2FN2O5. The van der Waals surface area contributed by atoms with Gasteiger partial charge in [0, 0.05) is 18.6 Å². The zero-order chi connectivity index (χ0) is 21.8. The van der Waals surface area contributed by atoms with Crippen molar-refractivity contribution in [2.75, 3.05) is 20.3 Å². The third-order valence-electron chi connectivity index (χ3n) is 5.19. The maximum atomic E-state index is 13.9. The number of carbonyl (C=O) groups is 1. The summed E-state index contributed by atoms with van der Waals surface area (Å²) < 4.78 is 36.5. The van der Waals surface area contributed by atoms with Crippen LogP contribution in [0.15, 0.2) is 18.2 Å². The number of carbonyl (C=O) groups excluding carboxylic acids is 1. The maximum absolute atomic E-state index is 13.9. The van der Waals surface area contributed by atoms with Crippen LogP contribution in [0.2, 0.25) is 5.02 Å². The SMILES string of the molecule is COCC(N)C(=O)N[C@@H](CCOc1ccc(Cl)cc1F)B1OC(C)(C)C(C)(C)O1.Cl. The zero-order valence-electron chi connectivity index (χ0n) is 17.9. The Labute approximate surface area is 188 Å². The molecule has 1 amide bonds. The summed E-state index contributed by atoms with van der Waals surface area (Å²) in [5.41, 5.74) is 4.68. The molecule has 0 spiro atoms. The maximum Gasteiger partial charge on any atom is 0.481 e. The lowest BCUT2D eigenvalue weighted by Crippen LogP contribution is -2.54. The molecule has 7 nitrogen and oxygen atoms in total.